The Labute approximate surface area is 107 Å². The summed E-state index contributed by atoms with van der Waals surface area (Å²) in [6.45, 7) is 1.99. The van der Waals surface area contributed by atoms with E-state index in [2.05, 4.69) is 0 Å². The fourth-order valence-corrected chi connectivity index (χ4v) is 1.67. The number of ketones is 1. The molecular formula is C14H20O4. The highest BCUT2D eigenvalue weighted by atomic mass is 16.5. The molecule has 0 spiro atoms. The molecule has 2 atom stereocenters. The van der Waals surface area contributed by atoms with Crippen LogP contribution >= 0.6 is 0 Å². The highest BCUT2D eigenvalue weighted by Gasteiger charge is 2.24. The maximum absolute atomic E-state index is 11.9. The van der Waals surface area contributed by atoms with Crippen LogP contribution in [0.3, 0.4) is 0 Å². The van der Waals surface area contributed by atoms with Crippen LogP contribution in [0.25, 0.3) is 0 Å². The second kappa shape index (κ2) is 7.13. The van der Waals surface area contributed by atoms with Gasteiger partial charge in [0.05, 0.1) is 13.2 Å². The molecular weight excluding hydrogens is 232 g/mol. The van der Waals surface area contributed by atoms with Crippen molar-refractivity contribution in [3.05, 3.63) is 29.8 Å². The SMILES string of the molecule is CCCC[C@@H](O)[C@H](O)C(=O)c1ccc(OC)cc1. The standard InChI is InChI=1S/C14H20O4/c1-3-4-5-12(15)14(17)13(16)10-6-8-11(18-2)9-7-10/h6-9,12,14-15,17H,3-5H2,1-2H3/t12-,14+/m1/s1. The number of methoxy groups -OCH3 is 1. The van der Waals surface area contributed by atoms with E-state index in [4.69, 9.17) is 4.74 Å². The number of carbonyl (C=O) groups is 1. The summed E-state index contributed by atoms with van der Waals surface area (Å²) in [4.78, 5) is 11.9. The number of hydrogen-bond donors (Lipinski definition) is 2. The number of aliphatic hydroxyl groups excluding tert-OH is 2. The van der Waals surface area contributed by atoms with Crippen LogP contribution in [0.5, 0.6) is 5.75 Å². The van der Waals surface area contributed by atoms with E-state index < -0.39 is 18.0 Å². The lowest BCUT2D eigenvalue weighted by Crippen LogP contribution is -2.33. The van der Waals surface area contributed by atoms with Crippen molar-refractivity contribution in [3.8, 4) is 5.75 Å². The Hall–Kier alpha value is -1.39. The predicted octanol–water partition coefficient (Wildman–Crippen LogP) is 1.79. The molecule has 4 heteroatoms. The number of Topliss-reactive ketones (excluding diaryl/α,β-unsaturated/α-hetero) is 1. The van der Waals surface area contributed by atoms with Crippen LogP contribution in [-0.2, 0) is 0 Å². The number of carbonyl (C=O) groups excluding carboxylic acids is 1. The molecule has 0 fully saturated rings. The van der Waals surface area contributed by atoms with Gasteiger partial charge in [0.1, 0.15) is 11.9 Å². The fraction of sp³-hybridized carbons (Fsp3) is 0.500. The number of benzene rings is 1. The first-order valence-electron chi connectivity index (χ1n) is 6.14. The highest BCUT2D eigenvalue weighted by molar-refractivity contribution is 5.99. The van der Waals surface area contributed by atoms with Crippen LogP contribution in [-0.4, -0.2) is 35.3 Å². The minimum Gasteiger partial charge on any atom is -0.497 e. The van der Waals surface area contributed by atoms with Crippen LogP contribution in [0.2, 0.25) is 0 Å². The molecule has 0 bridgehead atoms. The van der Waals surface area contributed by atoms with Gasteiger partial charge in [-0.3, -0.25) is 4.79 Å². The lowest BCUT2D eigenvalue weighted by Gasteiger charge is -2.16. The van der Waals surface area contributed by atoms with Gasteiger partial charge < -0.3 is 14.9 Å². The van der Waals surface area contributed by atoms with Crippen LogP contribution in [0.1, 0.15) is 36.5 Å². The summed E-state index contributed by atoms with van der Waals surface area (Å²) in [5, 5.41) is 19.4. The van der Waals surface area contributed by atoms with Crippen molar-refractivity contribution in [2.24, 2.45) is 0 Å². The molecule has 0 saturated carbocycles. The van der Waals surface area contributed by atoms with E-state index in [9.17, 15) is 15.0 Å². The van der Waals surface area contributed by atoms with E-state index in [0.717, 1.165) is 12.8 Å². The molecule has 1 aromatic rings. The molecule has 0 heterocycles. The van der Waals surface area contributed by atoms with E-state index in [1.807, 2.05) is 6.92 Å². The Morgan fingerprint density at radius 1 is 1.28 bits per heavy atom. The van der Waals surface area contributed by atoms with Crippen molar-refractivity contribution in [2.75, 3.05) is 7.11 Å². The van der Waals surface area contributed by atoms with Crippen molar-refractivity contribution in [2.45, 2.75) is 38.4 Å². The van der Waals surface area contributed by atoms with Crippen molar-refractivity contribution >= 4 is 5.78 Å². The van der Waals surface area contributed by atoms with E-state index in [-0.39, 0.29) is 0 Å². The normalized spacial score (nSPS) is 14.0. The third kappa shape index (κ3) is 3.82. The number of hydrogen-bond acceptors (Lipinski definition) is 4. The Morgan fingerprint density at radius 2 is 1.89 bits per heavy atom. The van der Waals surface area contributed by atoms with Crippen molar-refractivity contribution in [1.29, 1.82) is 0 Å². The molecule has 4 nitrogen and oxygen atoms in total. The number of ether oxygens (including phenoxy) is 1. The molecule has 0 saturated heterocycles. The smallest absolute Gasteiger partial charge is 0.193 e. The van der Waals surface area contributed by atoms with Gasteiger partial charge >= 0.3 is 0 Å². The Kier molecular flexibility index (Phi) is 5.82. The summed E-state index contributed by atoms with van der Waals surface area (Å²) in [6, 6.07) is 6.46. The molecule has 0 unspecified atom stereocenters. The third-order valence-corrected chi connectivity index (χ3v) is 2.86. The summed E-state index contributed by atoms with van der Waals surface area (Å²) >= 11 is 0. The minimum atomic E-state index is -1.36. The number of rotatable bonds is 7. The topological polar surface area (TPSA) is 66.8 Å². The molecule has 0 radical (unpaired) electrons. The van der Waals surface area contributed by atoms with Gasteiger partial charge in [-0.25, -0.2) is 0 Å². The van der Waals surface area contributed by atoms with Gasteiger partial charge in [-0.2, -0.15) is 0 Å². The molecule has 1 rings (SSSR count). The molecule has 0 aliphatic carbocycles. The van der Waals surface area contributed by atoms with E-state index in [1.165, 1.54) is 0 Å². The average Bonchev–Trinajstić information content (AvgIpc) is 2.43. The maximum Gasteiger partial charge on any atom is 0.193 e. The second-order valence-electron chi connectivity index (χ2n) is 4.25. The number of aliphatic hydroxyl groups is 2. The Balaban J connectivity index is 2.67. The minimum absolute atomic E-state index is 0.374. The van der Waals surface area contributed by atoms with Crippen LogP contribution < -0.4 is 4.74 Å². The molecule has 0 aliphatic heterocycles. The van der Waals surface area contributed by atoms with Gasteiger partial charge in [-0.1, -0.05) is 19.8 Å². The molecule has 18 heavy (non-hydrogen) atoms. The van der Waals surface area contributed by atoms with Gasteiger partial charge in [0.2, 0.25) is 0 Å². The van der Waals surface area contributed by atoms with Gasteiger partial charge in [0.25, 0.3) is 0 Å². The third-order valence-electron chi connectivity index (χ3n) is 2.86. The average molecular weight is 252 g/mol. The van der Waals surface area contributed by atoms with Crippen LogP contribution in [0.15, 0.2) is 24.3 Å². The zero-order valence-corrected chi connectivity index (χ0v) is 10.8. The van der Waals surface area contributed by atoms with E-state index in [1.54, 1.807) is 31.4 Å². The molecule has 0 amide bonds. The largest absolute Gasteiger partial charge is 0.497 e. The maximum atomic E-state index is 11.9. The highest BCUT2D eigenvalue weighted by Crippen LogP contribution is 2.15. The molecule has 0 aliphatic rings. The van der Waals surface area contributed by atoms with Gasteiger partial charge in [-0.05, 0) is 30.7 Å². The monoisotopic (exact) mass is 252 g/mol. The molecule has 100 valence electrons. The first-order valence-corrected chi connectivity index (χ1v) is 6.14. The Bertz CT molecular complexity index is 372. The van der Waals surface area contributed by atoms with E-state index >= 15 is 0 Å². The van der Waals surface area contributed by atoms with Gasteiger partial charge in [-0.15, -0.1) is 0 Å². The van der Waals surface area contributed by atoms with Gasteiger partial charge in [0, 0.05) is 5.56 Å². The lowest BCUT2D eigenvalue weighted by molar-refractivity contribution is 0.0169. The summed E-state index contributed by atoms with van der Waals surface area (Å²) in [7, 11) is 1.54. The summed E-state index contributed by atoms with van der Waals surface area (Å²) < 4.78 is 4.99. The molecule has 1 aromatic carbocycles. The Morgan fingerprint density at radius 3 is 2.39 bits per heavy atom. The summed E-state index contributed by atoms with van der Waals surface area (Å²) in [6.07, 6.45) is -0.224. The zero-order chi connectivity index (χ0) is 13.5. The summed E-state index contributed by atoms with van der Waals surface area (Å²) in [5.74, 6) is 0.189. The van der Waals surface area contributed by atoms with E-state index in [0.29, 0.717) is 17.7 Å². The van der Waals surface area contributed by atoms with Crippen molar-refractivity contribution < 1.29 is 19.7 Å². The van der Waals surface area contributed by atoms with Crippen molar-refractivity contribution in [1.82, 2.24) is 0 Å². The molecule has 0 aromatic heterocycles. The predicted molar refractivity (Wildman–Crippen MR) is 68.9 cm³/mol. The fourth-order valence-electron chi connectivity index (χ4n) is 1.67. The number of unbranched alkanes of at least 4 members (excludes halogenated alkanes) is 1. The lowest BCUT2D eigenvalue weighted by atomic mass is 9.99. The van der Waals surface area contributed by atoms with Gasteiger partial charge in [0.15, 0.2) is 5.78 Å². The van der Waals surface area contributed by atoms with Crippen molar-refractivity contribution in [3.63, 3.8) is 0 Å². The quantitative estimate of drug-likeness (QED) is 0.726. The molecule has 2 N–H and O–H groups in total. The summed E-state index contributed by atoms with van der Waals surface area (Å²) in [5.41, 5.74) is 0.374. The second-order valence-corrected chi connectivity index (χ2v) is 4.25. The van der Waals surface area contributed by atoms with Crippen LogP contribution in [0, 0.1) is 0 Å². The first-order chi connectivity index (χ1) is 8.60. The zero-order valence-electron chi connectivity index (χ0n) is 10.8. The van der Waals surface area contributed by atoms with Crippen LogP contribution in [0.4, 0.5) is 0 Å². The first kappa shape index (κ1) is 14.7.